The number of carbonyl (C=O) groups is 1. The Bertz CT molecular complexity index is 640. The number of aliphatic hydroxyl groups excluding tert-OH is 3. The molecule has 0 heterocycles. The molecule has 0 bridgehead atoms. The molecule has 1 amide bonds. The fraction of sp³-hybridized carbons (Fsp3) is 0.927. The van der Waals surface area contributed by atoms with Crippen molar-refractivity contribution >= 4 is 5.91 Å². The van der Waals surface area contributed by atoms with Gasteiger partial charge in [-0.25, -0.2) is 0 Å². The van der Waals surface area contributed by atoms with Crippen LogP contribution in [0.4, 0.5) is 0 Å². The average Bonchev–Trinajstić information content (AvgIpc) is 3.05. The van der Waals surface area contributed by atoms with E-state index in [-0.39, 0.29) is 18.9 Å². The second-order valence-corrected chi connectivity index (χ2v) is 14.2. The van der Waals surface area contributed by atoms with E-state index < -0.39 is 18.2 Å². The summed E-state index contributed by atoms with van der Waals surface area (Å²) in [5, 5.41) is 33.1. The van der Waals surface area contributed by atoms with Crippen LogP contribution in [0.2, 0.25) is 0 Å². The standard InChI is InChI=1S/C41H81NO4/c1-3-5-7-9-11-13-14-15-16-17-18-19-20-21-22-23-24-25-26-27-29-31-33-35-40(45)39(37-43)42-41(46)36-38(44)34-32-30-28-12-10-8-6-4-2/h10,12,38-40,43-45H,3-9,11,13-37H2,1-2H3,(H,42,46)/b12-10-. The summed E-state index contributed by atoms with van der Waals surface area (Å²) >= 11 is 0. The van der Waals surface area contributed by atoms with Crippen molar-refractivity contribution < 1.29 is 20.1 Å². The van der Waals surface area contributed by atoms with Crippen molar-refractivity contribution in [2.24, 2.45) is 0 Å². The summed E-state index contributed by atoms with van der Waals surface area (Å²) in [7, 11) is 0. The van der Waals surface area contributed by atoms with Crippen molar-refractivity contribution in [1.82, 2.24) is 5.32 Å². The fourth-order valence-corrected chi connectivity index (χ4v) is 6.39. The quantitative estimate of drug-likeness (QED) is 0.0397. The summed E-state index contributed by atoms with van der Waals surface area (Å²) in [5.74, 6) is -0.297. The number of hydrogen-bond acceptors (Lipinski definition) is 4. The minimum atomic E-state index is -0.750. The van der Waals surface area contributed by atoms with E-state index in [1.54, 1.807) is 0 Å². The third-order valence-corrected chi connectivity index (χ3v) is 9.58. The molecule has 4 N–H and O–H groups in total. The van der Waals surface area contributed by atoms with E-state index in [0.29, 0.717) is 12.8 Å². The van der Waals surface area contributed by atoms with Crippen molar-refractivity contribution in [3.8, 4) is 0 Å². The van der Waals surface area contributed by atoms with E-state index in [1.807, 2.05) is 0 Å². The largest absolute Gasteiger partial charge is 0.394 e. The summed E-state index contributed by atoms with van der Waals surface area (Å²) in [6.45, 7) is 4.20. The normalized spacial score (nSPS) is 13.8. The molecule has 3 unspecified atom stereocenters. The molecule has 0 saturated heterocycles. The highest BCUT2D eigenvalue weighted by atomic mass is 16.3. The minimum absolute atomic E-state index is 0.0228. The number of amides is 1. The lowest BCUT2D eigenvalue weighted by Crippen LogP contribution is -2.46. The van der Waals surface area contributed by atoms with Crippen molar-refractivity contribution in [2.45, 2.75) is 238 Å². The van der Waals surface area contributed by atoms with Crippen LogP contribution < -0.4 is 5.32 Å². The van der Waals surface area contributed by atoms with Crippen LogP contribution in [-0.4, -0.2) is 46.1 Å². The Morgan fingerprint density at radius 1 is 0.522 bits per heavy atom. The third kappa shape index (κ3) is 33.0. The molecule has 0 rings (SSSR count). The SMILES string of the molecule is CCCC/C=C\CCCCC(O)CC(=O)NC(CO)C(O)CCCCCCCCCCCCCCCCCCCCCCCCC. The predicted octanol–water partition coefficient (Wildman–Crippen LogP) is 11.3. The van der Waals surface area contributed by atoms with E-state index in [9.17, 15) is 20.1 Å². The van der Waals surface area contributed by atoms with E-state index in [0.717, 1.165) is 38.5 Å². The predicted molar refractivity (Wildman–Crippen MR) is 199 cm³/mol. The maximum atomic E-state index is 12.3. The molecular formula is C41H81NO4. The van der Waals surface area contributed by atoms with Crippen molar-refractivity contribution in [2.75, 3.05) is 6.61 Å². The Hall–Kier alpha value is -0.910. The van der Waals surface area contributed by atoms with Crippen LogP contribution in [0.25, 0.3) is 0 Å². The molecule has 3 atom stereocenters. The zero-order chi connectivity index (χ0) is 33.8. The van der Waals surface area contributed by atoms with E-state index in [2.05, 4.69) is 31.3 Å². The molecule has 0 spiro atoms. The minimum Gasteiger partial charge on any atom is -0.394 e. The first kappa shape index (κ1) is 45.1. The Labute approximate surface area is 287 Å². The van der Waals surface area contributed by atoms with Gasteiger partial charge in [0.05, 0.1) is 31.3 Å². The number of rotatable bonds is 37. The molecule has 5 heteroatoms. The molecule has 0 aliphatic carbocycles. The molecule has 0 radical (unpaired) electrons. The zero-order valence-corrected chi connectivity index (χ0v) is 31.0. The van der Waals surface area contributed by atoms with Gasteiger partial charge in [-0.3, -0.25) is 4.79 Å². The second-order valence-electron chi connectivity index (χ2n) is 14.2. The highest BCUT2D eigenvalue weighted by molar-refractivity contribution is 5.76. The number of unbranched alkanes of at least 4 members (excludes halogenated alkanes) is 26. The maximum Gasteiger partial charge on any atom is 0.222 e. The molecule has 0 saturated carbocycles. The van der Waals surface area contributed by atoms with Gasteiger partial charge >= 0.3 is 0 Å². The molecule has 5 nitrogen and oxygen atoms in total. The average molecular weight is 652 g/mol. The Balaban J connectivity index is 3.54. The van der Waals surface area contributed by atoms with E-state index in [1.165, 1.54) is 148 Å². The lowest BCUT2D eigenvalue weighted by atomic mass is 10.0. The monoisotopic (exact) mass is 652 g/mol. The first-order valence-electron chi connectivity index (χ1n) is 20.5. The van der Waals surface area contributed by atoms with Gasteiger partial charge in [-0.05, 0) is 32.1 Å². The number of hydrogen-bond donors (Lipinski definition) is 4. The number of nitrogens with one attached hydrogen (secondary N) is 1. The number of allylic oxidation sites excluding steroid dienone is 2. The maximum absolute atomic E-state index is 12.3. The number of carbonyl (C=O) groups excluding carboxylic acids is 1. The van der Waals surface area contributed by atoms with Gasteiger partial charge in [-0.2, -0.15) is 0 Å². The van der Waals surface area contributed by atoms with E-state index in [4.69, 9.17) is 0 Å². The smallest absolute Gasteiger partial charge is 0.222 e. The lowest BCUT2D eigenvalue weighted by Gasteiger charge is -2.23. The van der Waals surface area contributed by atoms with Crippen LogP contribution in [0.5, 0.6) is 0 Å². The van der Waals surface area contributed by atoms with Gasteiger partial charge in [0, 0.05) is 0 Å². The summed E-state index contributed by atoms with van der Waals surface area (Å²) in [6.07, 6.45) is 42.0. The van der Waals surface area contributed by atoms with Gasteiger partial charge < -0.3 is 20.6 Å². The van der Waals surface area contributed by atoms with Crippen LogP contribution in [0.1, 0.15) is 219 Å². The summed E-state index contributed by atoms with van der Waals surface area (Å²) in [4.78, 5) is 12.3. The van der Waals surface area contributed by atoms with Crippen LogP contribution in [0.15, 0.2) is 12.2 Å². The molecule has 0 aromatic carbocycles. The molecule has 0 aliphatic rings. The van der Waals surface area contributed by atoms with Gasteiger partial charge in [0.2, 0.25) is 5.91 Å². The molecule has 0 aromatic heterocycles. The van der Waals surface area contributed by atoms with Gasteiger partial charge in [-0.1, -0.05) is 193 Å². The lowest BCUT2D eigenvalue weighted by molar-refractivity contribution is -0.125. The Morgan fingerprint density at radius 3 is 1.30 bits per heavy atom. The van der Waals surface area contributed by atoms with Crippen molar-refractivity contribution in [3.05, 3.63) is 12.2 Å². The fourth-order valence-electron chi connectivity index (χ4n) is 6.39. The first-order valence-corrected chi connectivity index (χ1v) is 20.5. The van der Waals surface area contributed by atoms with Gasteiger partial charge in [0.15, 0.2) is 0 Å². The molecular weight excluding hydrogens is 570 g/mol. The van der Waals surface area contributed by atoms with Crippen molar-refractivity contribution in [3.63, 3.8) is 0 Å². The second kappa shape index (κ2) is 36.9. The molecule has 46 heavy (non-hydrogen) atoms. The van der Waals surface area contributed by atoms with Gasteiger partial charge in [0.25, 0.3) is 0 Å². The summed E-state index contributed by atoms with van der Waals surface area (Å²) in [5.41, 5.74) is 0. The topological polar surface area (TPSA) is 89.8 Å². The zero-order valence-electron chi connectivity index (χ0n) is 31.0. The summed E-state index contributed by atoms with van der Waals surface area (Å²) in [6, 6.07) is -0.660. The van der Waals surface area contributed by atoms with Crippen molar-refractivity contribution in [1.29, 1.82) is 0 Å². The number of aliphatic hydroxyl groups is 3. The molecule has 274 valence electrons. The summed E-state index contributed by atoms with van der Waals surface area (Å²) < 4.78 is 0. The van der Waals surface area contributed by atoms with E-state index >= 15 is 0 Å². The van der Waals surface area contributed by atoms with Crippen LogP contribution in [0.3, 0.4) is 0 Å². The van der Waals surface area contributed by atoms with Crippen LogP contribution in [0, 0.1) is 0 Å². The van der Waals surface area contributed by atoms with Crippen LogP contribution >= 0.6 is 0 Å². The Morgan fingerprint density at radius 2 is 0.891 bits per heavy atom. The Kier molecular flexibility index (Phi) is 36.2. The molecule has 0 aliphatic heterocycles. The third-order valence-electron chi connectivity index (χ3n) is 9.58. The molecule has 0 fully saturated rings. The van der Waals surface area contributed by atoms with Crippen LogP contribution in [-0.2, 0) is 4.79 Å². The molecule has 0 aromatic rings. The van der Waals surface area contributed by atoms with Gasteiger partial charge in [0.1, 0.15) is 0 Å². The highest BCUT2D eigenvalue weighted by Gasteiger charge is 2.21. The highest BCUT2D eigenvalue weighted by Crippen LogP contribution is 2.16. The van der Waals surface area contributed by atoms with Gasteiger partial charge in [-0.15, -0.1) is 0 Å². The first-order chi connectivity index (χ1) is 22.5.